The van der Waals surface area contributed by atoms with E-state index in [4.69, 9.17) is 9.84 Å². The van der Waals surface area contributed by atoms with Gasteiger partial charge in [0.2, 0.25) is 0 Å². The molecule has 0 aromatic rings. The highest BCUT2D eigenvalue weighted by atomic mass is 16.5. The van der Waals surface area contributed by atoms with Crippen molar-refractivity contribution in [3.05, 3.63) is 0 Å². The number of carbonyl (C=O) groups is 1. The highest BCUT2D eigenvalue weighted by molar-refractivity contribution is 5.76. The highest BCUT2D eigenvalue weighted by Gasteiger charge is 2.27. The minimum Gasteiger partial charge on any atom is -0.394 e. The quantitative estimate of drug-likeness (QED) is 0.671. The van der Waals surface area contributed by atoms with E-state index in [-0.39, 0.29) is 18.7 Å². The van der Waals surface area contributed by atoms with Crippen molar-refractivity contribution in [2.24, 2.45) is 0 Å². The largest absolute Gasteiger partial charge is 0.394 e. The average Bonchev–Trinajstić information content (AvgIpc) is 2.74. The third kappa shape index (κ3) is 3.08. The molecule has 0 bridgehead atoms. The Morgan fingerprint density at radius 3 is 3.00 bits per heavy atom. The van der Waals surface area contributed by atoms with E-state index in [2.05, 4.69) is 17.1 Å². The monoisotopic (exact) mass is 243 g/mol. The van der Waals surface area contributed by atoms with E-state index in [1.54, 1.807) is 0 Å². The van der Waals surface area contributed by atoms with Crippen LogP contribution in [0.5, 0.6) is 0 Å². The summed E-state index contributed by atoms with van der Waals surface area (Å²) >= 11 is 0. The first-order valence-corrected chi connectivity index (χ1v) is 6.20. The zero-order valence-corrected chi connectivity index (χ0v) is 10.3. The van der Waals surface area contributed by atoms with Gasteiger partial charge >= 0.3 is 6.03 Å². The minimum atomic E-state index is -0.0846. The van der Waals surface area contributed by atoms with Crippen LogP contribution in [0.1, 0.15) is 6.92 Å². The van der Waals surface area contributed by atoms with E-state index in [9.17, 15) is 4.79 Å². The maximum absolute atomic E-state index is 11.4. The lowest BCUT2D eigenvalue weighted by Crippen LogP contribution is -2.51. The van der Waals surface area contributed by atoms with Gasteiger partial charge in [-0.05, 0) is 6.92 Å². The normalized spacial score (nSPS) is 30.7. The van der Waals surface area contributed by atoms with Crippen LogP contribution in [0.2, 0.25) is 0 Å². The molecule has 2 aliphatic rings. The summed E-state index contributed by atoms with van der Waals surface area (Å²) in [6, 6.07) is 0.382. The fourth-order valence-electron chi connectivity index (χ4n) is 2.27. The number of rotatable bonds is 4. The number of amides is 2. The Bertz CT molecular complexity index is 275. The molecule has 0 aliphatic carbocycles. The molecule has 0 aromatic carbocycles. The molecule has 2 N–H and O–H groups in total. The van der Waals surface area contributed by atoms with E-state index in [1.807, 2.05) is 4.90 Å². The first-order valence-electron chi connectivity index (χ1n) is 6.20. The number of urea groups is 1. The smallest absolute Gasteiger partial charge is 0.317 e. The topological polar surface area (TPSA) is 65.0 Å². The molecular formula is C11H21N3O3. The second-order valence-corrected chi connectivity index (χ2v) is 4.70. The molecule has 0 saturated carbocycles. The summed E-state index contributed by atoms with van der Waals surface area (Å²) < 4.78 is 5.48. The number of hydrogen-bond acceptors (Lipinski definition) is 4. The number of hydrogen-bond donors (Lipinski definition) is 2. The third-order valence-corrected chi connectivity index (χ3v) is 3.44. The summed E-state index contributed by atoms with van der Waals surface area (Å²) in [5.74, 6) is 0. The van der Waals surface area contributed by atoms with E-state index in [0.29, 0.717) is 12.6 Å². The van der Waals surface area contributed by atoms with E-state index >= 15 is 0 Å². The van der Waals surface area contributed by atoms with Crippen molar-refractivity contribution >= 4 is 6.03 Å². The van der Waals surface area contributed by atoms with Crippen LogP contribution in [-0.4, -0.2) is 79.0 Å². The van der Waals surface area contributed by atoms with Crippen LogP contribution in [0.4, 0.5) is 4.79 Å². The van der Waals surface area contributed by atoms with Gasteiger partial charge in [-0.1, -0.05) is 0 Å². The van der Waals surface area contributed by atoms with Gasteiger partial charge in [0.15, 0.2) is 0 Å². The number of morpholine rings is 1. The van der Waals surface area contributed by atoms with Gasteiger partial charge in [-0.2, -0.15) is 0 Å². The van der Waals surface area contributed by atoms with Crippen LogP contribution < -0.4 is 5.32 Å². The van der Waals surface area contributed by atoms with Gasteiger partial charge in [0, 0.05) is 38.8 Å². The van der Waals surface area contributed by atoms with Crippen molar-refractivity contribution in [1.29, 1.82) is 0 Å². The van der Waals surface area contributed by atoms with Crippen molar-refractivity contribution in [2.45, 2.75) is 19.1 Å². The Morgan fingerprint density at radius 1 is 1.53 bits per heavy atom. The van der Waals surface area contributed by atoms with Crippen LogP contribution in [-0.2, 0) is 4.74 Å². The lowest BCUT2D eigenvalue weighted by Gasteiger charge is -2.38. The summed E-state index contributed by atoms with van der Waals surface area (Å²) in [5.41, 5.74) is 0. The first-order chi connectivity index (χ1) is 8.20. The molecule has 2 amide bonds. The van der Waals surface area contributed by atoms with Crippen molar-refractivity contribution in [3.63, 3.8) is 0 Å². The van der Waals surface area contributed by atoms with Gasteiger partial charge in [-0.3, -0.25) is 4.90 Å². The zero-order chi connectivity index (χ0) is 12.3. The first kappa shape index (κ1) is 12.6. The number of ether oxygens (including phenoxy) is 1. The molecule has 2 heterocycles. The predicted octanol–water partition coefficient (Wildman–Crippen LogP) is -0.907. The molecule has 0 spiro atoms. The molecule has 2 aliphatic heterocycles. The van der Waals surface area contributed by atoms with Gasteiger partial charge in [0.05, 0.1) is 19.3 Å². The van der Waals surface area contributed by atoms with Crippen LogP contribution >= 0.6 is 0 Å². The zero-order valence-electron chi connectivity index (χ0n) is 10.3. The van der Waals surface area contributed by atoms with Gasteiger partial charge in [0.1, 0.15) is 0 Å². The number of aliphatic hydroxyl groups excluding tert-OH is 1. The molecule has 6 nitrogen and oxygen atoms in total. The van der Waals surface area contributed by atoms with Crippen LogP contribution in [0.25, 0.3) is 0 Å². The fourth-order valence-corrected chi connectivity index (χ4v) is 2.27. The second kappa shape index (κ2) is 5.66. The molecule has 0 radical (unpaired) electrons. The van der Waals surface area contributed by atoms with Crippen LogP contribution in [0.15, 0.2) is 0 Å². The number of nitrogens with one attached hydrogen (secondary N) is 1. The highest BCUT2D eigenvalue weighted by Crippen LogP contribution is 2.11. The molecule has 98 valence electrons. The third-order valence-electron chi connectivity index (χ3n) is 3.44. The Kier molecular flexibility index (Phi) is 4.20. The molecule has 6 heteroatoms. The summed E-state index contributed by atoms with van der Waals surface area (Å²) in [7, 11) is 0. The summed E-state index contributed by atoms with van der Waals surface area (Å²) in [6.45, 7) is 6.69. The lowest BCUT2D eigenvalue weighted by molar-refractivity contribution is -0.0783. The van der Waals surface area contributed by atoms with E-state index < -0.39 is 0 Å². The molecule has 17 heavy (non-hydrogen) atoms. The second-order valence-electron chi connectivity index (χ2n) is 4.70. The Labute approximate surface area is 102 Å². The SMILES string of the molecule is CC1COC(CO)CN1CCN1CCNC1=O. The predicted molar refractivity (Wildman–Crippen MR) is 62.8 cm³/mol. The molecule has 2 atom stereocenters. The molecular weight excluding hydrogens is 222 g/mol. The Balaban J connectivity index is 1.78. The minimum absolute atomic E-state index is 0.0321. The number of nitrogens with zero attached hydrogens (tertiary/aromatic N) is 2. The number of carbonyl (C=O) groups excluding carboxylic acids is 1. The molecule has 2 fully saturated rings. The van der Waals surface area contributed by atoms with Crippen molar-refractivity contribution in [2.75, 3.05) is 45.9 Å². The van der Waals surface area contributed by atoms with Crippen molar-refractivity contribution in [1.82, 2.24) is 15.1 Å². The summed E-state index contributed by atoms with van der Waals surface area (Å²) in [4.78, 5) is 15.5. The Morgan fingerprint density at radius 2 is 2.35 bits per heavy atom. The Hall–Kier alpha value is -0.850. The van der Waals surface area contributed by atoms with E-state index in [1.165, 1.54) is 0 Å². The van der Waals surface area contributed by atoms with Gasteiger partial charge in [-0.25, -0.2) is 4.79 Å². The standard InChI is InChI=1S/C11H21N3O3/c1-9-8-17-10(7-15)6-14(9)5-4-13-3-2-12-11(13)16/h9-10,15H,2-8H2,1H3,(H,12,16). The van der Waals surface area contributed by atoms with Crippen molar-refractivity contribution < 1.29 is 14.6 Å². The molecule has 0 aromatic heterocycles. The van der Waals surface area contributed by atoms with Gasteiger partial charge < -0.3 is 20.1 Å². The average molecular weight is 243 g/mol. The lowest BCUT2D eigenvalue weighted by atomic mass is 10.2. The molecule has 2 saturated heterocycles. The molecule has 2 rings (SSSR count). The summed E-state index contributed by atoms with van der Waals surface area (Å²) in [5, 5.41) is 11.9. The van der Waals surface area contributed by atoms with Gasteiger partial charge in [0.25, 0.3) is 0 Å². The van der Waals surface area contributed by atoms with E-state index in [0.717, 1.165) is 32.7 Å². The van der Waals surface area contributed by atoms with Crippen LogP contribution in [0.3, 0.4) is 0 Å². The maximum Gasteiger partial charge on any atom is 0.317 e. The summed E-state index contributed by atoms with van der Waals surface area (Å²) in [6.07, 6.45) is -0.0846. The fraction of sp³-hybridized carbons (Fsp3) is 0.909. The van der Waals surface area contributed by atoms with Gasteiger partial charge in [-0.15, -0.1) is 0 Å². The van der Waals surface area contributed by atoms with Crippen molar-refractivity contribution in [3.8, 4) is 0 Å². The maximum atomic E-state index is 11.4. The molecule has 2 unspecified atom stereocenters. The van der Waals surface area contributed by atoms with Crippen LogP contribution in [0, 0.1) is 0 Å². The number of aliphatic hydroxyl groups is 1.